The van der Waals surface area contributed by atoms with Crippen molar-refractivity contribution >= 4 is 7.37 Å². The minimum Gasteiger partial charge on any atom is -0.344 e. The van der Waals surface area contributed by atoms with Crippen molar-refractivity contribution in [1.29, 1.82) is 0 Å². The molecule has 0 spiro atoms. The second-order valence-corrected chi connectivity index (χ2v) is 4.81. The molecule has 8 heavy (non-hydrogen) atoms. The van der Waals surface area contributed by atoms with Crippen LogP contribution in [-0.4, -0.2) is 23.3 Å². The lowest BCUT2D eigenvalue weighted by Crippen LogP contribution is -2.17. The molecule has 1 aliphatic heterocycles. The Morgan fingerprint density at radius 3 is 2.50 bits per heavy atom. The summed E-state index contributed by atoms with van der Waals surface area (Å²) in [6.45, 7) is 0. The van der Waals surface area contributed by atoms with Gasteiger partial charge in [0.1, 0.15) is 0 Å². The van der Waals surface area contributed by atoms with Crippen LogP contribution in [0.5, 0.6) is 0 Å². The van der Waals surface area contributed by atoms with Crippen molar-refractivity contribution in [3.8, 4) is 0 Å². The summed E-state index contributed by atoms with van der Waals surface area (Å²) in [5.74, 6) is 0. The van der Waals surface area contributed by atoms with Crippen LogP contribution in [0.1, 0.15) is 6.42 Å². The Morgan fingerprint density at radius 2 is 2.38 bits per heavy atom. The molecule has 0 aromatic rings. The molecule has 0 aliphatic carbocycles. The smallest absolute Gasteiger partial charge is 0.202 e. The van der Waals surface area contributed by atoms with Gasteiger partial charge in [0.25, 0.3) is 0 Å². The quantitative estimate of drug-likeness (QED) is 0.459. The molecular formula is C4H10NO2P. The number of hydrogen-bond acceptors (Lipinski definition) is 2. The lowest BCUT2D eigenvalue weighted by molar-refractivity contribution is 0.484. The second kappa shape index (κ2) is 1.83. The van der Waals surface area contributed by atoms with Gasteiger partial charge < -0.3 is 10.6 Å². The maximum Gasteiger partial charge on any atom is 0.202 e. The summed E-state index contributed by atoms with van der Waals surface area (Å²) in [5.41, 5.74) is 5.38. The highest BCUT2D eigenvalue weighted by Crippen LogP contribution is 2.46. The third-order valence-corrected chi connectivity index (χ3v) is 3.37. The van der Waals surface area contributed by atoms with E-state index in [1.807, 2.05) is 0 Å². The van der Waals surface area contributed by atoms with E-state index >= 15 is 0 Å². The molecule has 4 heteroatoms. The van der Waals surface area contributed by atoms with Gasteiger partial charge in [0.15, 0.2) is 0 Å². The number of rotatable bonds is 0. The van der Waals surface area contributed by atoms with E-state index in [9.17, 15) is 4.57 Å². The minimum absolute atomic E-state index is 0.0224. The van der Waals surface area contributed by atoms with Crippen LogP contribution < -0.4 is 5.73 Å². The molecule has 0 aromatic heterocycles. The first kappa shape index (κ1) is 6.27. The van der Waals surface area contributed by atoms with Crippen LogP contribution in [0.4, 0.5) is 0 Å². The van der Waals surface area contributed by atoms with Gasteiger partial charge in [-0.05, 0) is 6.42 Å². The summed E-state index contributed by atoms with van der Waals surface area (Å²) in [7, 11) is -2.72. The molecule has 0 radical (unpaired) electrons. The first-order valence-corrected chi connectivity index (χ1v) is 4.69. The van der Waals surface area contributed by atoms with E-state index in [1.165, 1.54) is 0 Å². The maximum atomic E-state index is 10.7. The molecule has 0 saturated carbocycles. The zero-order valence-electron chi connectivity index (χ0n) is 4.58. The Morgan fingerprint density at radius 1 is 1.75 bits per heavy atom. The average Bonchev–Trinajstić information content (AvgIpc) is 1.82. The Balaban J connectivity index is 2.57. The summed E-state index contributed by atoms with van der Waals surface area (Å²) >= 11 is 0. The number of hydrogen-bond donors (Lipinski definition) is 2. The van der Waals surface area contributed by atoms with Crippen LogP contribution in [-0.2, 0) is 4.57 Å². The van der Waals surface area contributed by atoms with Crippen LogP contribution >= 0.6 is 7.37 Å². The largest absolute Gasteiger partial charge is 0.344 e. The first-order chi connectivity index (χ1) is 3.60. The summed E-state index contributed by atoms with van der Waals surface area (Å²) in [6, 6.07) is -0.0224. The zero-order valence-corrected chi connectivity index (χ0v) is 5.47. The van der Waals surface area contributed by atoms with Crippen LogP contribution in [0.2, 0.25) is 0 Å². The Labute approximate surface area is 48.3 Å². The SMILES string of the molecule is NC1CCP(=O)(O)C1. The van der Waals surface area contributed by atoms with Crippen molar-refractivity contribution in [2.75, 3.05) is 12.3 Å². The summed E-state index contributed by atoms with van der Waals surface area (Å²) < 4.78 is 10.7. The third-order valence-electron chi connectivity index (χ3n) is 1.37. The summed E-state index contributed by atoms with van der Waals surface area (Å²) in [5, 5.41) is 0. The van der Waals surface area contributed by atoms with E-state index in [1.54, 1.807) is 0 Å². The molecule has 1 rings (SSSR count). The fourth-order valence-corrected chi connectivity index (χ4v) is 2.75. The van der Waals surface area contributed by atoms with Gasteiger partial charge in [0.2, 0.25) is 7.37 Å². The first-order valence-electron chi connectivity index (χ1n) is 2.66. The van der Waals surface area contributed by atoms with Gasteiger partial charge in [0, 0.05) is 18.4 Å². The molecule has 1 heterocycles. The van der Waals surface area contributed by atoms with Gasteiger partial charge in [-0.3, -0.25) is 4.57 Å². The van der Waals surface area contributed by atoms with Crippen molar-refractivity contribution in [3.05, 3.63) is 0 Å². The van der Waals surface area contributed by atoms with Gasteiger partial charge in [-0.15, -0.1) is 0 Å². The predicted octanol–water partition coefficient (Wildman–Crippen LogP) is -0.0122. The Kier molecular flexibility index (Phi) is 1.44. The van der Waals surface area contributed by atoms with E-state index in [0.717, 1.165) is 0 Å². The monoisotopic (exact) mass is 135 g/mol. The zero-order chi connectivity index (χ0) is 6.20. The molecule has 0 bridgehead atoms. The molecule has 3 nitrogen and oxygen atoms in total. The van der Waals surface area contributed by atoms with Crippen molar-refractivity contribution in [3.63, 3.8) is 0 Å². The average molecular weight is 135 g/mol. The summed E-state index contributed by atoms with van der Waals surface area (Å²) in [6.07, 6.45) is 1.47. The van der Waals surface area contributed by atoms with Crippen LogP contribution in [0, 0.1) is 0 Å². The Hall–Kier alpha value is 0.150. The van der Waals surface area contributed by atoms with Gasteiger partial charge in [-0.2, -0.15) is 0 Å². The lowest BCUT2D eigenvalue weighted by atomic mass is 10.3. The van der Waals surface area contributed by atoms with Gasteiger partial charge >= 0.3 is 0 Å². The predicted molar refractivity (Wildman–Crippen MR) is 32.2 cm³/mol. The summed E-state index contributed by atoms with van der Waals surface area (Å²) in [4.78, 5) is 8.84. The molecule has 0 amide bonds. The van der Waals surface area contributed by atoms with E-state index in [2.05, 4.69) is 0 Å². The van der Waals surface area contributed by atoms with Crippen molar-refractivity contribution in [1.82, 2.24) is 0 Å². The molecule has 48 valence electrons. The van der Waals surface area contributed by atoms with Gasteiger partial charge in [-0.25, -0.2) is 0 Å². The Bertz CT molecular complexity index is 136. The molecular weight excluding hydrogens is 125 g/mol. The van der Waals surface area contributed by atoms with E-state index in [0.29, 0.717) is 18.7 Å². The van der Waals surface area contributed by atoms with Gasteiger partial charge in [-0.1, -0.05) is 0 Å². The highest BCUT2D eigenvalue weighted by atomic mass is 31.2. The fraction of sp³-hybridized carbons (Fsp3) is 1.00. The standard InChI is InChI=1S/C4H10NO2P/c5-4-1-2-8(6,7)3-4/h4H,1-3,5H2,(H,6,7). The van der Waals surface area contributed by atoms with Crippen molar-refractivity contribution < 1.29 is 9.46 Å². The molecule has 3 N–H and O–H groups in total. The molecule has 1 saturated heterocycles. The molecule has 1 aliphatic rings. The molecule has 2 unspecified atom stereocenters. The van der Waals surface area contributed by atoms with E-state index in [-0.39, 0.29) is 6.04 Å². The molecule has 0 aromatic carbocycles. The lowest BCUT2D eigenvalue weighted by Gasteiger charge is -1.98. The minimum atomic E-state index is -2.72. The second-order valence-electron chi connectivity index (χ2n) is 2.30. The van der Waals surface area contributed by atoms with Crippen LogP contribution in [0.25, 0.3) is 0 Å². The fourth-order valence-electron chi connectivity index (χ4n) is 0.917. The van der Waals surface area contributed by atoms with Crippen molar-refractivity contribution in [2.45, 2.75) is 12.5 Å². The van der Waals surface area contributed by atoms with Crippen LogP contribution in [0.3, 0.4) is 0 Å². The number of nitrogens with two attached hydrogens (primary N) is 1. The van der Waals surface area contributed by atoms with Crippen molar-refractivity contribution in [2.24, 2.45) is 5.73 Å². The van der Waals surface area contributed by atoms with Crippen LogP contribution in [0.15, 0.2) is 0 Å². The maximum absolute atomic E-state index is 10.7. The third kappa shape index (κ3) is 1.31. The topological polar surface area (TPSA) is 63.3 Å². The highest BCUT2D eigenvalue weighted by molar-refractivity contribution is 7.58. The highest BCUT2D eigenvalue weighted by Gasteiger charge is 2.29. The van der Waals surface area contributed by atoms with Gasteiger partial charge in [0.05, 0.1) is 0 Å². The van der Waals surface area contributed by atoms with E-state index < -0.39 is 7.37 Å². The molecule has 1 fully saturated rings. The normalized spacial score (nSPS) is 47.5. The van der Waals surface area contributed by atoms with E-state index in [4.69, 9.17) is 10.6 Å². The molecule has 2 atom stereocenters.